The number of fused-ring (bicyclic) bond motifs is 1. The zero-order valence-electron chi connectivity index (χ0n) is 14.6. The first-order valence-electron chi connectivity index (χ1n) is 8.10. The Morgan fingerprint density at radius 3 is 2.50 bits per heavy atom. The third-order valence-corrected chi connectivity index (χ3v) is 3.93. The summed E-state index contributed by atoms with van der Waals surface area (Å²) in [5.41, 5.74) is 0.317. The number of carbonyl (C=O) groups excluding carboxylic acids is 1. The largest absolute Gasteiger partial charge is 0.494 e. The Labute approximate surface area is 150 Å². The summed E-state index contributed by atoms with van der Waals surface area (Å²) in [6.07, 6.45) is 0. The van der Waals surface area contributed by atoms with E-state index in [9.17, 15) is 9.59 Å². The van der Waals surface area contributed by atoms with Gasteiger partial charge in [0.05, 0.1) is 19.1 Å². The second kappa shape index (κ2) is 7.79. The molecule has 1 aromatic heterocycles. The molecule has 0 unspecified atom stereocenters. The fourth-order valence-electron chi connectivity index (χ4n) is 2.68. The average Bonchev–Trinajstić information content (AvgIpc) is 2.68. The van der Waals surface area contributed by atoms with E-state index in [1.54, 1.807) is 55.6 Å². The first-order valence-corrected chi connectivity index (χ1v) is 8.10. The Morgan fingerprint density at radius 1 is 1.08 bits per heavy atom. The number of nitrogens with zero attached hydrogens (tertiary/aromatic N) is 2. The highest BCUT2D eigenvalue weighted by atomic mass is 16.5. The number of para-hydroxylation sites is 2. The number of hydrogen-bond acceptors (Lipinski definition) is 5. The SMILES string of the molecule is COCCNC(=O)c1nn(-c2ccccc2OC)c(=O)c2ccccc12. The van der Waals surface area contributed by atoms with Crippen molar-refractivity contribution in [1.29, 1.82) is 0 Å². The van der Waals surface area contributed by atoms with Crippen molar-refractivity contribution in [2.24, 2.45) is 0 Å². The zero-order chi connectivity index (χ0) is 18.5. The summed E-state index contributed by atoms with van der Waals surface area (Å²) in [7, 11) is 3.07. The zero-order valence-corrected chi connectivity index (χ0v) is 14.6. The smallest absolute Gasteiger partial charge is 0.279 e. The summed E-state index contributed by atoms with van der Waals surface area (Å²) in [5, 5.41) is 7.98. The third kappa shape index (κ3) is 3.29. The van der Waals surface area contributed by atoms with Gasteiger partial charge in [-0.15, -0.1) is 0 Å². The molecule has 0 saturated carbocycles. The molecule has 7 nitrogen and oxygen atoms in total. The number of methoxy groups -OCH3 is 2. The van der Waals surface area contributed by atoms with Crippen LogP contribution in [-0.4, -0.2) is 43.1 Å². The molecule has 3 aromatic rings. The summed E-state index contributed by atoms with van der Waals surface area (Å²) in [5.74, 6) is 0.116. The van der Waals surface area contributed by atoms with Crippen molar-refractivity contribution in [1.82, 2.24) is 15.1 Å². The van der Waals surface area contributed by atoms with Gasteiger partial charge in [0.25, 0.3) is 11.5 Å². The van der Waals surface area contributed by atoms with Crippen LogP contribution in [0.1, 0.15) is 10.5 Å². The number of nitrogens with one attached hydrogen (secondary N) is 1. The molecule has 0 aliphatic carbocycles. The van der Waals surface area contributed by atoms with Crippen molar-refractivity contribution in [3.63, 3.8) is 0 Å². The van der Waals surface area contributed by atoms with Crippen molar-refractivity contribution in [3.05, 3.63) is 64.6 Å². The number of aromatic nitrogens is 2. The Bertz CT molecular complexity index is 997. The maximum atomic E-state index is 12.9. The van der Waals surface area contributed by atoms with E-state index in [4.69, 9.17) is 9.47 Å². The van der Waals surface area contributed by atoms with Crippen LogP contribution in [0.2, 0.25) is 0 Å². The minimum Gasteiger partial charge on any atom is -0.494 e. The Balaban J connectivity index is 2.20. The molecule has 7 heteroatoms. The predicted octanol–water partition coefficient (Wildman–Crippen LogP) is 1.77. The van der Waals surface area contributed by atoms with Crippen molar-refractivity contribution >= 4 is 16.7 Å². The predicted molar refractivity (Wildman–Crippen MR) is 98.1 cm³/mol. The quantitative estimate of drug-likeness (QED) is 0.683. The van der Waals surface area contributed by atoms with E-state index in [2.05, 4.69) is 10.4 Å². The molecule has 0 saturated heterocycles. The molecular formula is C19H19N3O4. The lowest BCUT2D eigenvalue weighted by molar-refractivity contribution is 0.0932. The van der Waals surface area contributed by atoms with Crippen LogP contribution in [-0.2, 0) is 4.74 Å². The molecule has 1 heterocycles. The normalized spacial score (nSPS) is 10.7. The molecular weight excluding hydrogens is 334 g/mol. The number of rotatable bonds is 6. The van der Waals surface area contributed by atoms with Crippen LogP contribution in [0.4, 0.5) is 0 Å². The first-order chi connectivity index (χ1) is 12.7. The van der Waals surface area contributed by atoms with Gasteiger partial charge in [-0.25, -0.2) is 0 Å². The second-order valence-corrected chi connectivity index (χ2v) is 5.53. The summed E-state index contributed by atoms with van der Waals surface area (Å²) in [6.45, 7) is 0.731. The van der Waals surface area contributed by atoms with Crippen LogP contribution in [0, 0.1) is 0 Å². The van der Waals surface area contributed by atoms with Crippen LogP contribution < -0.4 is 15.6 Å². The van der Waals surface area contributed by atoms with Gasteiger partial charge in [-0.1, -0.05) is 30.3 Å². The summed E-state index contributed by atoms with van der Waals surface area (Å²) >= 11 is 0. The molecule has 2 aromatic carbocycles. The maximum absolute atomic E-state index is 12.9. The standard InChI is InChI=1S/C19H19N3O4/c1-25-12-11-20-18(23)17-13-7-3-4-8-14(13)19(24)22(21-17)15-9-5-6-10-16(15)26-2/h3-10H,11-12H2,1-2H3,(H,20,23). The van der Waals surface area contributed by atoms with Crippen molar-refractivity contribution < 1.29 is 14.3 Å². The Hall–Kier alpha value is -3.19. The number of ether oxygens (including phenoxy) is 2. The van der Waals surface area contributed by atoms with Gasteiger partial charge >= 0.3 is 0 Å². The van der Waals surface area contributed by atoms with Crippen LogP contribution in [0.5, 0.6) is 5.75 Å². The van der Waals surface area contributed by atoms with E-state index in [0.29, 0.717) is 35.4 Å². The van der Waals surface area contributed by atoms with Gasteiger partial charge < -0.3 is 14.8 Å². The van der Waals surface area contributed by atoms with Gasteiger partial charge in [0, 0.05) is 19.0 Å². The van der Waals surface area contributed by atoms with Gasteiger partial charge in [0.1, 0.15) is 11.4 Å². The van der Waals surface area contributed by atoms with Gasteiger partial charge in [0.2, 0.25) is 0 Å². The van der Waals surface area contributed by atoms with Gasteiger partial charge in [-0.2, -0.15) is 9.78 Å². The molecule has 0 aliphatic rings. The van der Waals surface area contributed by atoms with Gasteiger partial charge in [-0.05, 0) is 18.2 Å². The molecule has 3 rings (SSSR count). The van der Waals surface area contributed by atoms with Crippen molar-refractivity contribution in [2.45, 2.75) is 0 Å². The van der Waals surface area contributed by atoms with Crippen molar-refractivity contribution in [2.75, 3.05) is 27.4 Å². The van der Waals surface area contributed by atoms with Crippen LogP contribution in [0.15, 0.2) is 53.3 Å². The molecule has 0 bridgehead atoms. The molecule has 1 amide bonds. The molecule has 26 heavy (non-hydrogen) atoms. The lowest BCUT2D eigenvalue weighted by Crippen LogP contribution is -2.31. The third-order valence-electron chi connectivity index (χ3n) is 3.93. The van der Waals surface area contributed by atoms with Crippen LogP contribution in [0.3, 0.4) is 0 Å². The summed E-state index contributed by atoms with van der Waals surface area (Å²) in [4.78, 5) is 25.5. The first kappa shape index (κ1) is 17.6. The van der Waals surface area contributed by atoms with Gasteiger partial charge in [0.15, 0.2) is 5.69 Å². The van der Waals surface area contributed by atoms with E-state index in [1.165, 1.54) is 11.8 Å². The second-order valence-electron chi connectivity index (χ2n) is 5.53. The van der Waals surface area contributed by atoms with Gasteiger partial charge in [-0.3, -0.25) is 9.59 Å². The van der Waals surface area contributed by atoms with Crippen molar-refractivity contribution in [3.8, 4) is 11.4 Å². The molecule has 1 N–H and O–H groups in total. The summed E-state index contributed by atoms with van der Waals surface area (Å²) in [6, 6.07) is 13.9. The lowest BCUT2D eigenvalue weighted by atomic mass is 10.1. The molecule has 134 valence electrons. The van der Waals surface area contributed by atoms with Crippen LogP contribution in [0.25, 0.3) is 16.5 Å². The Morgan fingerprint density at radius 2 is 1.77 bits per heavy atom. The fraction of sp³-hybridized carbons (Fsp3) is 0.211. The molecule has 0 spiro atoms. The topological polar surface area (TPSA) is 82.4 Å². The minimum absolute atomic E-state index is 0.169. The molecule has 0 aliphatic heterocycles. The van der Waals surface area contributed by atoms with E-state index in [0.717, 1.165) is 0 Å². The number of hydrogen-bond donors (Lipinski definition) is 1. The molecule has 0 atom stereocenters. The average molecular weight is 353 g/mol. The highest BCUT2D eigenvalue weighted by Crippen LogP contribution is 2.22. The highest BCUT2D eigenvalue weighted by Gasteiger charge is 2.18. The minimum atomic E-state index is -0.373. The molecule has 0 radical (unpaired) electrons. The van der Waals surface area contributed by atoms with E-state index in [1.807, 2.05) is 0 Å². The van der Waals surface area contributed by atoms with E-state index < -0.39 is 0 Å². The maximum Gasteiger partial charge on any atom is 0.279 e. The van der Waals surface area contributed by atoms with Crippen LogP contribution >= 0.6 is 0 Å². The lowest BCUT2D eigenvalue weighted by Gasteiger charge is -2.13. The molecule has 0 fully saturated rings. The fourth-order valence-corrected chi connectivity index (χ4v) is 2.68. The van der Waals surface area contributed by atoms with E-state index in [-0.39, 0.29) is 17.2 Å². The monoisotopic (exact) mass is 353 g/mol. The number of benzene rings is 2. The number of carbonyl (C=O) groups is 1. The van der Waals surface area contributed by atoms with E-state index >= 15 is 0 Å². The Kier molecular flexibility index (Phi) is 5.28. The number of amides is 1. The highest BCUT2D eigenvalue weighted by molar-refractivity contribution is 6.04. The summed E-state index contributed by atoms with van der Waals surface area (Å²) < 4.78 is 11.5.